The summed E-state index contributed by atoms with van der Waals surface area (Å²) in [6.07, 6.45) is 5.64. The van der Waals surface area contributed by atoms with E-state index in [-0.39, 0.29) is 11.3 Å². The Morgan fingerprint density at radius 2 is 2.23 bits per heavy atom. The molecule has 0 aromatic heterocycles. The molecule has 2 aliphatic heterocycles. The summed E-state index contributed by atoms with van der Waals surface area (Å²) in [6.45, 7) is 5.99. The Morgan fingerprint density at radius 1 is 1.41 bits per heavy atom. The molecule has 1 atom stereocenters. The molecule has 0 aromatic carbocycles. The number of carbonyl (C=O) groups is 1. The number of rotatable bonds is 3. The van der Waals surface area contributed by atoms with Crippen molar-refractivity contribution in [2.24, 2.45) is 10.4 Å². The lowest BCUT2D eigenvalue weighted by Crippen LogP contribution is -2.52. The number of hydrogen-bond donors (Lipinski definition) is 3. The van der Waals surface area contributed by atoms with Crippen molar-refractivity contribution in [3.05, 3.63) is 0 Å². The van der Waals surface area contributed by atoms with E-state index in [1.807, 2.05) is 0 Å². The largest absolute Gasteiger partial charge is 0.388 e. The second kappa shape index (κ2) is 6.07. The van der Waals surface area contributed by atoms with Crippen LogP contribution in [0.3, 0.4) is 0 Å². The van der Waals surface area contributed by atoms with Crippen LogP contribution in [-0.2, 0) is 4.79 Å². The predicted octanol–water partition coefficient (Wildman–Crippen LogP) is 0.469. The molecule has 1 amide bonds. The van der Waals surface area contributed by atoms with Crippen molar-refractivity contribution in [2.75, 3.05) is 32.7 Å². The smallest absolute Gasteiger partial charge is 0.220 e. The summed E-state index contributed by atoms with van der Waals surface area (Å²) in [5.41, 5.74) is -0.516. The van der Waals surface area contributed by atoms with Crippen LogP contribution in [0.5, 0.6) is 0 Å². The number of likely N-dealkylation sites (tertiary alicyclic amines) is 1. The second-order valence-electron chi connectivity index (χ2n) is 7.23. The average molecular weight is 308 g/mol. The fourth-order valence-corrected chi connectivity index (χ4v) is 3.82. The van der Waals surface area contributed by atoms with E-state index in [2.05, 4.69) is 27.4 Å². The van der Waals surface area contributed by atoms with Gasteiger partial charge in [0, 0.05) is 38.0 Å². The lowest BCUT2D eigenvalue weighted by molar-refractivity contribution is -0.119. The van der Waals surface area contributed by atoms with Crippen molar-refractivity contribution < 1.29 is 9.90 Å². The predicted molar refractivity (Wildman–Crippen MR) is 85.6 cm³/mol. The van der Waals surface area contributed by atoms with Gasteiger partial charge in [0.1, 0.15) is 0 Å². The minimum atomic E-state index is -0.584. The molecule has 6 nitrogen and oxygen atoms in total. The molecule has 3 N–H and O–H groups in total. The third kappa shape index (κ3) is 3.21. The summed E-state index contributed by atoms with van der Waals surface area (Å²) >= 11 is 0. The van der Waals surface area contributed by atoms with Gasteiger partial charge in [-0.05, 0) is 39.0 Å². The fraction of sp³-hybridized carbons (Fsp3) is 0.875. The van der Waals surface area contributed by atoms with E-state index in [4.69, 9.17) is 0 Å². The zero-order valence-electron chi connectivity index (χ0n) is 13.5. The maximum Gasteiger partial charge on any atom is 0.220 e. The molecule has 0 bridgehead atoms. The van der Waals surface area contributed by atoms with Gasteiger partial charge in [0.2, 0.25) is 5.91 Å². The van der Waals surface area contributed by atoms with Crippen LogP contribution in [0, 0.1) is 5.41 Å². The molecule has 3 aliphatic rings. The molecule has 2 heterocycles. The molecule has 1 saturated carbocycles. The molecule has 1 aliphatic carbocycles. The van der Waals surface area contributed by atoms with E-state index < -0.39 is 5.60 Å². The highest BCUT2D eigenvalue weighted by Gasteiger charge is 2.42. The molecule has 0 aromatic rings. The van der Waals surface area contributed by atoms with Gasteiger partial charge in [0.25, 0.3) is 0 Å². The first-order valence-corrected chi connectivity index (χ1v) is 8.57. The van der Waals surface area contributed by atoms with Crippen molar-refractivity contribution >= 4 is 11.9 Å². The summed E-state index contributed by atoms with van der Waals surface area (Å²) in [5.74, 6) is 1.06. The van der Waals surface area contributed by atoms with Gasteiger partial charge in [-0.1, -0.05) is 0 Å². The van der Waals surface area contributed by atoms with Crippen LogP contribution < -0.4 is 10.6 Å². The molecule has 1 unspecified atom stereocenters. The molecule has 1 spiro atoms. The Labute approximate surface area is 132 Å². The number of guanidine groups is 1. The van der Waals surface area contributed by atoms with Gasteiger partial charge >= 0.3 is 0 Å². The van der Waals surface area contributed by atoms with Gasteiger partial charge in [0.15, 0.2) is 5.96 Å². The highest BCUT2D eigenvalue weighted by atomic mass is 16.3. The van der Waals surface area contributed by atoms with Crippen LogP contribution in [-0.4, -0.2) is 60.2 Å². The molecular formula is C16H28N4O2. The van der Waals surface area contributed by atoms with E-state index >= 15 is 0 Å². The van der Waals surface area contributed by atoms with Crippen LogP contribution in [0.4, 0.5) is 0 Å². The Bertz CT molecular complexity index is 461. The van der Waals surface area contributed by atoms with Gasteiger partial charge < -0.3 is 20.6 Å². The van der Waals surface area contributed by atoms with E-state index in [1.165, 1.54) is 0 Å². The molecular weight excluding hydrogens is 280 g/mol. The zero-order chi connectivity index (χ0) is 15.6. The Balaban J connectivity index is 1.67. The van der Waals surface area contributed by atoms with Crippen molar-refractivity contribution in [3.63, 3.8) is 0 Å². The highest BCUT2D eigenvalue weighted by molar-refractivity contribution is 5.81. The number of nitrogens with one attached hydrogen (secondary N) is 2. The fourth-order valence-electron chi connectivity index (χ4n) is 3.82. The van der Waals surface area contributed by atoms with Crippen molar-refractivity contribution in [3.8, 4) is 0 Å². The number of nitrogens with zero attached hydrogens (tertiary/aromatic N) is 2. The van der Waals surface area contributed by atoms with Crippen molar-refractivity contribution in [1.82, 2.24) is 15.5 Å². The lowest BCUT2D eigenvalue weighted by atomic mass is 9.79. The van der Waals surface area contributed by atoms with Gasteiger partial charge in [-0.3, -0.25) is 9.79 Å². The van der Waals surface area contributed by atoms with E-state index in [0.29, 0.717) is 13.0 Å². The van der Waals surface area contributed by atoms with E-state index in [0.717, 1.165) is 64.2 Å². The summed E-state index contributed by atoms with van der Waals surface area (Å²) in [6, 6.07) is 0. The minimum Gasteiger partial charge on any atom is -0.388 e. The van der Waals surface area contributed by atoms with Crippen LogP contribution in [0.2, 0.25) is 0 Å². The van der Waals surface area contributed by atoms with Crippen LogP contribution in [0.15, 0.2) is 4.99 Å². The summed E-state index contributed by atoms with van der Waals surface area (Å²) in [5, 5.41) is 16.6. The minimum absolute atomic E-state index is 0.0683. The van der Waals surface area contributed by atoms with Crippen molar-refractivity contribution in [1.29, 1.82) is 0 Å². The van der Waals surface area contributed by atoms with Crippen LogP contribution in [0.25, 0.3) is 0 Å². The van der Waals surface area contributed by atoms with Gasteiger partial charge in [-0.15, -0.1) is 0 Å². The first-order chi connectivity index (χ1) is 10.5. The normalized spacial score (nSPS) is 31.1. The number of aliphatic imine (C=N–C) groups is 1. The topological polar surface area (TPSA) is 77.0 Å². The van der Waals surface area contributed by atoms with Crippen LogP contribution in [0.1, 0.15) is 45.4 Å². The quantitative estimate of drug-likeness (QED) is 0.523. The SMILES string of the molecule is CCNC(=NCC1(O)CCC1)N1CCCC2(CNC(=O)C2)C1. The van der Waals surface area contributed by atoms with Crippen molar-refractivity contribution in [2.45, 2.75) is 51.0 Å². The number of amides is 1. The molecule has 22 heavy (non-hydrogen) atoms. The number of hydrogen-bond acceptors (Lipinski definition) is 3. The molecule has 6 heteroatoms. The lowest BCUT2D eigenvalue weighted by Gasteiger charge is -2.41. The van der Waals surface area contributed by atoms with Gasteiger partial charge in [-0.2, -0.15) is 0 Å². The standard InChI is InChI=1S/C16H28N4O2/c1-2-17-14(19-11-16(22)6-3-7-16)20-8-4-5-15(12-20)9-13(21)18-10-15/h22H,2-12H2,1H3,(H,17,19)(H,18,21). The van der Waals surface area contributed by atoms with E-state index in [1.54, 1.807) is 0 Å². The second-order valence-corrected chi connectivity index (χ2v) is 7.23. The average Bonchev–Trinajstić information content (AvgIpc) is 2.82. The Morgan fingerprint density at radius 3 is 2.82 bits per heavy atom. The Hall–Kier alpha value is -1.30. The van der Waals surface area contributed by atoms with Crippen LogP contribution >= 0.6 is 0 Å². The summed E-state index contributed by atoms with van der Waals surface area (Å²) < 4.78 is 0. The number of piperidine rings is 1. The Kier molecular flexibility index (Phi) is 4.30. The molecule has 3 fully saturated rings. The summed E-state index contributed by atoms with van der Waals surface area (Å²) in [7, 11) is 0. The maximum atomic E-state index is 11.6. The van der Waals surface area contributed by atoms with E-state index in [9.17, 15) is 9.90 Å². The molecule has 2 saturated heterocycles. The molecule has 3 rings (SSSR count). The molecule has 124 valence electrons. The number of carbonyl (C=O) groups excluding carboxylic acids is 1. The third-order valence-electron chi connectivity index (χ3n) is 5.30. The maximum absolute atomic E-state index is 11.6. The first kappa shape index (κ1) is 15.6. The monoisotopic (exact) mass is 308 g/mol. The first-order valence-electron chi connectivity index (χ1n) is 8.57. The third-order valence-corrected chi connectivity index (χ3v) is 5.30. The molecule has 0 radical (unpaired) electrons. The highest BCUT2D eigenvalue weighted by Crippen LogP contribution is 2.36. The van der Waals surface area contributed by atoms with Gasteiger partial charge in [-0.25, -0.2) is 0 Å². The zero-order valence-corrected chi connectivity index (χ0v) is 13.5. The summed E-state index contributed by atoms with van der Waals surface area (Å²) in [4.78, 5) is 18.6. The van der Waals surface area contributed by atoms with Gasteiger partial charge in [0.05, 0.1) is 12.1 Å². The number of aliphatic hydroxyl groups is 1.